The fraction of sp³-hybridized carbons (Fsp3) is 0.833. The summed E-state index contributed by atoms with van der Waals surface area (Å²) in [5.74, 6) is 0. The highest BCUT2D eigenvalue weighted by atomic mass is 28.4. The van der Waals surface area contributed by atoms with Crippen LogP contribution in [0.1, 0.15) is 47.5 Å². The van der Waals surface area contributed by atoms with Crippen LogP contribution in [-0.2, 0) is 4.43 Å². The van der Waals surface area contributed by atoms with Crippen molar-refractivity contribution in [1.82, 2.24) is 0 Å². The van der Waals surface area contributed by atoms with Crippen LogP contribution in [0.2, 0.25) is 18.1 Å². The Labute approximate surface area is 90.7 Å². The largest absolute Gasteiger partial charge is 0.549 e. The van der Waals surface area contributed by atoms with Crippen LogP contribution in [-0.4, -0.2) is 8.32 Å². The van der Waals surface area contributed by atoms with Gasteiger partial charge in [0.25, 0.3) is 0 Å². The molecule has 0 aromatic heterocycles. The lowest BCUT2D eigenvalue weighted by Gasteiger charge is -2.27. The minimum absolute atomic E-state index is 1.17. The lowest BCUT2D eigenvalue weighted by molar-refractivity contribution is 0.450. The molecule has 0 aromatic carbocycles. The first-order valence-electron chi connectivity index (χ1n) is 5.97. The van der Waals surface area contributed by atoms with Gasteiger partial charge in [0.15, 0.2) is 0 Å². The van der Waals surface area contributed by atoms with Crippen molar-refractivity contribution in [3.8, 4) is 0 Å². The molecule has 0 unspecified atom stereocenters. The molecule has 0 aromatic rings. The van der Waals surface area contributed by atoms with Crippen LogP contribution in [0.15, 0.2) is 11.8 Å². The first kappa shape index (κ1) is 13.8. The average Bonchev–Trinajstić information content (AvgIpc) is 2.21. The van der Waals surface area contributed by atoms with E-state index in [1.807, 2.05) is 6.26 Å². The van der Waals surface area contributed by atoms with Gasteiger partial charge in [0.05, 0.1) is 6.26 Å². The van der Waals surface area contributed by atoms with Crippen molar-refractivity contribution in [2.75, 3.05) is 0 Å². The molecule has 1 nitrogen and oxygen atoms in total. The molecule has 0 atom stereocenters. The van der Waals surface area contributed by atoms with E-state index in [4.69, 9.17) is 4.43 Å². The highest BCUT2D eigenvalue weighted by Gasteiger charge is 2.29. The van der Waals surface area contributed by atoms with Gasteiger partial charge in [-0.15, -0.1) is 0 Å². The molecule has 14 heavy (non-hydrogen) atoms. The number of hydrogen-bond donors (Lipinski definition) is 0. The summed E-state index contributed by atoms with van der Waals surface area (Å²) in [5.41, 5.74) is 1.39. The molecule has 0 heterocycles. The monoisotopic (exact) mass is 214 g/mol. The third kappa shape index (κ3) is 4.31. The van der Waals surface area contributed by atoms with Crippen LogP contribution in [0.25, 0.3) is 0 Å². The molecule has 2 heteroatoms. The lowest BCUT2D eigenvalue weighted by atomic mass is 10.2. The molecule has 0 aliphatic rings. The fourth-order valence-corrected chi connectivity index (χ4v) is 4.13. The lowest BCUT2D eigenvalue weighted by Crippen LogP contribution is -2.33. The Kier molecular flexibility index (Phi) is 6.98. The first-order chi connectivity index (χ1) is 6.64. The molecule has 0 bridgehead atoms. The molecule has 0 radical (unpaired) electrons. The quantitative estimate of drug-likeness (QED) is 0.440. The maximum atomic E-state index is 6.07. The summed E-state index contributed by atoms with van der Waals surface area (Å²) < 4.78 is 6.07. The van der Waals surface area contributed by atoms with Gasteiger partial charge < -0.3 is 4.43 Å². The minimum atomic E-state index is -1.39. The Morgan fingerprint density at radius 1 is 1.07 bits per heavy atom. The highest BCUT2D eigenvalue weighted by molar-refractivity contribution is 6.73. The van der Waals surface area contributed by atoms with Crippen molar-refractivity contribution in [3.05, 3.63) is 11.8 Å². The second-order valence-corrected chi connectivity index (χ2v) is 8.80. The molecule has 0 aliphatic carbocycles. The minimum Gasteiger partial charge on any atom is -0.549 e. The number of allylic oxidation sites excluding steroid dienone is 1. The summed E-state index contributed by atoms with van der Waals surface area (Å²) in [6.45, 7) is 11.2. The Morgan fingerprint density at radius 3 is 1.93 bits per heavy atom. The number of hydrogen-bond acceptors (Lipinski definition) is 1. The van der Waals surface area contributed by atoms with E-state index in [-0.39, 0.29) is 0 Å². The van der Waals surface area contributed by atoms with E-state index in [2.05, 4.69) is 34.6 Å². The zero-order valence-electron chi connectivity index (χ0n) is 10.5. The highest BCUT2D eigenvalue weighted by Crippen LogP contribution is 2.22. The van der Waals surface area contributed by atoms with Crippen molar-refractivity contribution in [3.63, 3.8) is 0 Å². The van der Waals surface area contributed by atoms with Crippen LogP contribution in [0.4, 0.5) is 0 Å². The van der Waals surface area contributed by atoms with E-state index in [0.717, 1.165) is 0 Å². The second-order valence-electron chi connectivity index (χ2n) is 4.08. The third-order valence-electron chi connectivity index (χ3n) is 3.09. The Balaban J connectivity index is 4.23. The van der Waals surface area contributed by atoms with Crippen LogP contribution < -0.4 is 0 Å². The topological polar surface area (TPSA) is 9.23 Å². The molecule has 0 saturated carbocycles. The molecular weight excluding hydrogens is 188 g/mol. The zero-order valence-corrected chi connectivity index (χ0v) is 11.5. The van der Waals surface area contributed by atoms with Crippen molar-refractivity contribution < 1.29 is 4.43 Å². The summed E-state index contributed by atoms with van der Waals surface area (Å²) >= 11 is 0. The molecule has 0 amide bonds. The molecule has 0 aliphatic heterocycles. The van der Waals surface area contributed by atoms with E-state index in [1.165, 1.54) is 36.5 Å². The van der Waals surface area contributed by atoms with Crippen molar-refractivity contribution in [1.29, 1.82) is 0 Å². The smallest absolute Gasteiger partial charge is 0.249 e. The van der Waals surface area contributed by atoms with E-state index in [1.54, 1.807) is 0 Å². The fourth-order valence-electron chi connectivity index (χ4n) is 1.68. The summed E-state index contributed by atoms with van der Waals surface area (Å²) in [4.78, 5) is 0. The SMILES string of the molecule is CCC/C(C)=C/O[Si](CC)(CC)CC. The molecule has 84 valence electrons. The van der Waals surface area contributed by atoms with Gasteiger partial charge in [-0.2, -0.15) is 0 Å². The van der Waals surface area contributed by atoms with E-state index in [0.29, 0.717) is 0 Å². The van der Waals surface area contributed by atoms with Gasteiger partial charge in [-0.05, 0) is 37.0 Å². The van der Waals surface area contributed by atoms with Crippen LogP contribution in [0.3, 0.4) is 0 Å². The maximum Gasteiger partial charge on any atom is 0.249 e. The van der Waals surface area contributed by atoms with Gasteiger partial charge in [0, 0.05) is 0 Å². The van der Waals surface area contributed by atoms with Crippen molar-refractivity contribution in [2.45, 2.75) is 65.6 Å². The van der Waals surface area contributed by atoms with Gasteiger partial charge in [-0.3, -0.25) is 0 Å². The van der Waals surface area contributed by atoms with Crippen LogP contribution in [0.5, 0.6) is 0 Å². The summed E-state index contributed by atoms with van der Waals surface area (Å²) in [5, 5.41) is 0. The molecule has 0 N–H and O–H groups in total. The predicted molar refractivity (Wildman–Crippen MR) is 66.9 cm³/mol. The van der Waals surface area contributed by atoms with E-state index in [9.17, 15) is 0 Å². The zero-order chi connectivity index (χ0) is 11.0. The normalized spacial score (nSPS) is 13.1. The Hall–Kier alpha value is -0.243. The predicted octanol–water partition coefficient (Wildman–Crippen LogP) is 4.71. The van der Waals surface area contributed by atoms with Gasteiger partial charge in [-0.25, -0.2) is 0 Å². The van der Waals surface area contributed by atoms with Gasteiger partial charge in [-0.1, -0.05) is 34.1 Å². The van der Waals surface area contributed by atoms with Gasteiger partial charge >= 0.3 is 0 Å². The summed E-state index contributed by atoms with van der Waals surface area (Å²) in [7, 11) is -1.39. The van der Waals surface area contributed by atoms with Crippen LogP contribution in [0, 0.1) is 0 Å². The Bertz CT molecular complexity index is 163. The average molecular weight is 214 g/mol. The standard InChI is InChI=1S/C12H26OSi/c1-6-10-12(5)11-13-14(7-2,8-3)9-4/h11H,6-10H2,1-5H3/b12-11+. The summed E-state index contributed by atoms with van der Waals surface area (Å²) in [6, 6.07) is 3.70. The number of rotatable bonds is 7. The molecule has 0 fully saturated rings. The maximum absolute atomic E-state index is 6.07. The van der Waals surface area contributed by atoms with Crippen molar-refractivity contribution in [2.24, 2.45) is 0 Å². The second kappa shape index (κ2) is 7.10. The molecule has 0 rings (SSSR count). The van der Waals surface area contributed by atoms with Gasteiger partial charge in [0.2, 0.25) is 8.32 Å². The summed E-state index contributed by atoms with van der Waals surface area (Å²) in [6.07, 6.45) is 4.42. The van der Waals surface area contributed by atoms with E-state index < -0.39 is 8.32 Å². The van der Waals surface area contributed by atoms with E-state index >= 15 is 0 Å². The molecule has 0 saturated heterocycles. The Morgan fingerprint density at radius 2 is 1.57 bits per heavy atom. The van der Waals surface area contributed by atoms with Crippen molar-refractivity contribution >= 4 is 8.32 Å². The van der Waals surface area contributed by atoms with Crippen LogP contribution >= 0.6 is 0 Å². The first-order valence-corrected chi connectivity index (χ1v) is 8.50. The third-order valence-corrected chi connectivity index (χ3v) is 7.57. The van der Waals surface area contributed by atoms with Gasteiger partial charge in [0.1, 0.15) is 0 Å². The molecular formula is C12H26OSi. The molecule has 0 spiro atoms.